The highest BCUT2D eigenvalue weighted by Gasteiger charge is 2.30. The van der Waals surface area contributed by atoms with Gasteiger partial charge in [-0.15, -0.1) is 0 Å². The fraction of sp³-hybridized carbons (Fsp3) is 0.250. The summed E-state index contributed by atoms with van der Waals surface area (Å²) < 4.78 is 29.5. The molecule has 1 heterocycles. The lowest BCUT2D eigenvalue weighted by molar-refractivity contribution is -0.387. The Morgan fingerprint density at radius 2 is 2.31 bits per heavy atom. The molecule has 0 bridgehead atoms. The molecule has 0 atom stereocenters. The molecule has 1 aromatic heterocycles. The van der Waals surface area contributed by atoms with E-state index in [9.17, 15) is 18.9 Å². The lowest BCUT2D eigenvalue weighted by Crippen LogP contribution is -2.03. The molecule has 0 aliphatic rings. The van der Waals surface area contributed by atoms with Crippen LogP contribution >= 0.6 is 0 Å². The van der Waals surface area contributed by atoms with Crippen molar-refractivity contribution in [1.29, 1.82) is 5.26 Å². The van der Waals surface area contributed by atoms with Gasteiger partial charge in [-0.3, -0.25) is 10.1 Å². The SMILES string of the molecule is COc1c(C#N)ncc(C(F)F)c1[N+](=O)[O-]. The number of nitrogens with zero attached hydrogens (tertiary/aromatic N) is 3. The Bertz CT molecular complexity index is 470. The molecule has 0 saturated carbocycles. The Labute approximate surface area is 88.2 Å². The largest absolute Gasteiger partial charge is 0.488 e. The maximum Gasteiger partial charge on any atom is 0.324 e. The van der Waals surface area contributed by atoms with Gasteiger partial charge in [-0.1, -0.05) is 0 Å². The van der Waals surface area contributed by atoms with Crippen molar-refractivity contribution in [3.63, 3.8) is 0 Å². The lowest BCUT2D eigenvalue weighted by atomic mass is 10.2. The first-order valence-corrected chi connectivity index (χ1v) is 3.92. The molecule has 1 rings (SSSR count). The van der Waals surface area contributed by atoms with E-state index in [0.717, 1.165) is 7.11 Å². The molecule has 0 aliphatic heterocycles. The maximum absolute atomic E-state index is 12.5. The number of hydrogen-bond acceptors (Lipinski definition) is 5. The average Bonchev–Trinajstić information content (AvgIpc) is 2.26. The summed E-state index contributed by atoms with van der Waals surface area (Å²) in [6, 6.07) is 1.52. The quantitative estimate of drug-likeness (QED) is 0.582. The Morgan fingerprint density at radius 1 is 1.69 bits per heavy atom. The number of alkyl halides is 2. The molecule has 8 heteroatoms. The van der Waals surface area contributed by atoms with Crippen LogP contribution in [0.3, 0.4) is 0 Å². The first-order valence-electron chi connectivity index (χ1n) is 3.92. The molecule has 1 aromatic rings. The van der Waals surface area contributed by atoms with Gasteiger partial charge in [-0.25, -0.2) is 13.8 Å². The van der Waals surface area contributed by atoms with E-state index in [1.807, 2.05) is 0 Å². The molecule has 0 spiro atoms. The Hall–Kier alpha value is -2.30. The molecular formula is C8H5F2N3O3. The van der Waals surface area contributed by atoms with Gasteiger partial charge in [-0.2, -0.15) is 5.26 Å². The van der Waals surface area contributed by atoms with Crippen LogP contribution in [0.1, 0.15) is 17.7 Å². The van der Waals surface area contributed by atoms with Gasteiger partial charge in [0.25, 0.3) is 6.43 Å². The normalized spacial score (nSPS) is 9.94. The number of ether oxygens (including phenoxy) is 1. The molecule has 84 valence electrons. The van der Waals surface area contributed by atoms with Crippen molar-refractivity contribution in [2.45, 2.75) is 6.43 Å². The van der Waals surface area contributed by atoms with Gasteiger partial charge in [-0.05, 0) is 0 Å². The van der Waals surface area contributed by atoms with Gasteiger partial charge in [0.2, 0.25) is 5.75 Å². The van der Waals surface area contributed by atoms with E-state index < -0.39 is 34.0 Å². The van der Waals surface area contributed by atoms with Crippen LogP contribution in [-0.2, 0) is 0 Å². The molecule has 0 amide bonds. The second-order valence-electron chi connectivity index (χ2n) is 2.61. The number of pyridine rings is 1. The Balaban J connectivity index is 3.58. The van der Waals surface area contributed by atoms with Crippen molar-refractivity contribution in [3.05, 3.63) is 27.6 Å². The zero-order chi connectivity index (χ0) is 12.3. The van der Waals surface area contributed by atoms with Crippen LogP contribution in [0.2, 0.25) is 0 Å². The van der Waals surface area contributed by atoms with Crippen LogP contribution in [0, 0.1) is 21.4 Å². The maximum atomic E-state index is 12.5. The van der Waals surface area contributed by atoms with E-state index in [-0.39, 0.29) is 0 Å². The van der Waals surface area contributed by atoms with E-state index in [2.05, 4.69) is 9.72 Å². The summed E-state index contributed by atoms with van der Waals surface area (Å²) in [5.41, 5.74) is -2.21. The molecule has 0 unspecified atom stereocenters. The predicted octanol–water partition coefficient (Wildman–Crippen LogP) is 1.81. The standard InChI is InChI=1S/C8H5F2N3O3/c1-16-7-5(2-11)12-3-4(8(9)10)6(7)13(14)15/h3,8H,1H3. The smallest absolute Gasteiger partial charge is 0.324 e. The van der Waals surface area contributed by atoms with Gasteiger partial charge in [0, 0.05) is 6.20 Å². The fourth-order valence-electron chi connectivity index (χ4n) is 1.12. The highest BCUT2D eigenvalue weighted by molar-refractivity contribution is 5.58. The number of nitriles is 1. The van der Waals surface area contributed by atoms with E-state index in [4.69, 9.17) is 5.26 Å². The fourth-order valence-corrected chi connectivity index (χ4v) is 1.12. The van der Waals surface area contributed by atoms with E-state index in [0.29, 0.717) is 6.20 Å². The van der Waals surface area contributed by atoms with Crippen LogP contribution in [0.4, 0.5) is 14.5 Å². The average molecular weight is 229 g/mol. The molecule has 0 radical (unpaired) electrons. The zero-order valence-corrected chi connectivity index (χ0v) is 7.98. The third-order valence-corrected chi connectivity index (χ3v) is 1.76. The number of halogens is 2. The highest BCUT2D eigenvalue weighted by atomic mass is 19.3. The third kappa shape index (κ3) is 1.88. The summed E-state index contributed by atoms with van der Waals surface area (Å²) in [5.74, 6) is -0.551. The van der Waals surface area contributed by atoms with E-state index in [1.165, 1.54) is 6.07 Å². The second kappa shape index (κ2) is 4.48. The predicted molar refractivity (Wildman–Crippen MR) is 47.1 cm³/mol. The first-order chi connectivity index (χ1) is 7.52. The molecule has 0 saturated heterocycles. The molecular weight excluding hydrogens is 224 g/mol. The van der Waals surface area contributed by atoms with Crippen LogP contribution < -0.4 is 4.74 Å². The summed E-state index contributed by atoms with van der Waals surface area (Å²) >= 11 is 0. The molecule has 0 aromatic carbocycles. The number of aromatic nitrogens is 1. The van der Waals surface area contributed by atoms with Gasteiger partial charge < -0.3 is 4.74 Å². The highest BCUT2D eigenvalue weighted by Crippen LogP contribution is 2.37. The zero-order valence-electron chi connectivity index (χ0n) is 7.98. The van der Waals surface area contributed by atoms with Crippen molar-refractivity contribution in [1.82, 2.24) is 4.98 Å². The second-order valence-corrected chi connectivity index (χ2v) is 2.61. The van der Waals surface area contributed by atoms with Crippen LogP contribution in [0.5, 0.6) is 5.75 Å². The number of nitro groups is 1. The van der Waals surface area contributed by atoms with Crippen LogP contribution in [0.25, 0.3) is 0 Å². The van der Waals surface area contributed by atoms with Gasteiger partial charge in [0.15, 0.2) is 5.69 Å². The van der Waals surface area contributed by atoms with Crippen LogP contribution in [0.15, 0.2) is 6.20 Å². The minimum absolute atomic E-state index is 0.404. The summed E-state index contributed by atoms with van der Waals surface area (Å²) in [4.78, 5) is 13.0. The molecule has 6 nitrogen and oxygen atoms in total. The summed E-state index contributed by atoms with van der Waals surface area (Å²) in [6.45, 7) is 0. The van der Waals surface area contributed by atoms with Gasteiger partial charge in [0.05, 0.1) is 12.0 Å². The first kappa shape index (κ1) is 11.8. The van der Waals surface area contributed by atoms with Gasteiger partial charge >= 0.3 is 5.69 Å². The third-order valence-electron chi connectivity index (χ3n) is 1.76. The Morgan fingerprint density at radius 3 is 2.69 bits per heavy atom. The van der Waals surface area contributed by atoms with Crippen molar-refractivity contribution < 1.29 is 18.4 Å². The topological polar surface area (TPSA) is 89.0 Å². The molecule has 0 fully saturated rings. The van der Waals surface area contributed by atoms with Crippen molar-refractivity contribution in [2.24, 2.45) is 0 Å². The minimum atomic E-state index is -3.06. The molecule has 0 N–H and O–H groups in total. The summed E-state index contributed by atoms with van der Waals surface area (Å²) in [5, 5.41) is 19.2. The molecule has 16 heavy (non-hydrogen) atoms. The van der Waals surface area contributed by atoms with Crippen molar-refractivity contribution in [3.8, 4) is 11.8 Å². The van der Waals surface area contributed by atoms with Crippen molar-refractivity contribution >= 4 is 5.69 Å². The minimum Gasteiger partial charge on any atom is -0.488 e. The Kier molecular flexibility index (Phi) is 3.30. The molecule has 0 aliphatic carbocycles. The van der Waals surface area contributed by atoms with E-state index in [1.54, 1.807) is 0 Å². The van der Waals surface area contributed by atoms with Crippen molar-refractivity contribution in [2.75, 3.05) is 7.11 Å². The van der Waals surface area contributed by atoms with E-state index >= 15 is 0 Å². The van der Waals surface area contributed by atoms with Crippen LogP contribution in [-0.4, -0.2) is 17.0 Å². The lowest BCUT2D eigenvalue weighted by Gasteiger charge is -2.06. The van der Waals surface area contributed by atoms with Gasteiger partial charge in [0.1, 0.15) is 11.6 Å². The summed E-state index contributed by atoms with van der Waals surface area (Å²) in [7, 11) is 1.04. The number of rotatable bonds is 3. The summed E-state index contributed by atoms with van der Waals surface area (Å²) in [6.07, 6.45) is -2.46. The number of methoxy groups -OCH3 is 1. The monoisotopic (exact) mass is 229 g/mol. The number of hydrogen-bond donors (Lipinski definition) is 0.